The van der Waals surface area contributed by atoms with Crippen LogP contribution in [-0.2, 0) is 4.79 Å². The van der Waals surface area contributed by atoms with Crippen LogP contribution >= 0.6 is 15.9 Å². The van der Waals surface area contributed by atoms with Crippen molar-refractivity contribution in [2.75, 3.05) is 31.6 Å². The van der Waals surface area contributed by atoms with Crippen molar-refractivity contribution < 1.29 is 18.7 Å². The standard InChI is InChI=1S/C13H17BrF2N2O2/c1-9-6-10(14)2-3-11(9)17-13(20)8-18(4-5-19)7-12(15)16/h2-3,6,12,19H,4-5,7-8H2,1H3,(H,17,20). The summed E-state index contributed by atoms with van der Waals surface area (Å²) in [6, 6.07) is 5.37. The van der Waals surface area contributed by atoms with Crippen molar-refractivity contribution in [2.24, 2.45) is 0 Å². The lowest BCUT2D eigenvalue weighted by Gasteiger charge is -2.20. The molecule has 7 heteroatoms. The van der Waals surface area contributed by atoms with Crippen LogP contribution in [0.5, 0.6) is 0 Å². The maximum Gasteiger partial charge on any atom is 0.251 e. The number of amides is 1. The number of rotatable bonds is 7. The van der Waals surface area contributed by atoms with E-state index in [0.717, 1.165) is 10.0 Å². The van der Waals surface area contributed by atoms with Crippen molar-refractivity contribution in [1.29, 1.82) is 0 Å². The van der Waals surface area contributed by atoms with Gasteiger partial charge in [-0.15, -0.1) is 0 Å². The monoisotopic (exact) mass is 350 g/mol. The molecule has 0 aliphatic rings. The number of aliphatic hydroxyl groups is 1. The Morgan fingerprint density at radius 3 is 2.75 bits per heavy atom. The molecule has 0 aliphatic heterocycles. The molecule has 0 aliphatic carbocycles. The van der Waals surface area contributed by atoms with Crippen LogP contribution in [0.3, 0.4) is 0 Å². The number of anilines is 1. The number of nitrogens with zero attached hydrogens (tertiary/aromatic N) is 1. The van der Waals surface area contributed by atoms with Crippen molar-refractivity contribution in [3.8, 4) is 0 Å². The SMILES string of the molecule is Cc1cc(Br)ccc1NC(=O)CN(CCO)CC(F)F. The van der Waals surface area contributed by atoms with Gasteiger partial charge in [-0.2, -0.15) is 0 Å². The molecular formula is C13H17BrF2N2O2. The zero-order chi connectivity index (χ0) is 15.1. The molecule has 0 fully saturated rings. The summed E-state index contributed by atoms with van der Waals surface area (Å²) in [4.78, 5) is 13.0. The number of aryl methyl sites for hydroxylation is 1. The third-order valence-corrected chi connectivity index (χ3v) is 3.14. The molecule has 112 valence electrons. The molecule has 0 heterocycles. The van der Waals surface area contributed by atoms with Gasteiger partial charge in [0.15, 0.2) is 0 Å². The molecule has 0 atom stereocenters. The average molecular weight is 351 g/mol. The van der Waals surface area contributed by atoms with Gasteiger partial charge in [-0.1, -0.05) is 15.9 Å². The summed E-state index contributed by atoms with van der Waals surface area (Å²) in [5, 5.41) is 11.5. The van der Waals surface area contributed by atoms with Crippen molar-refractivity contribution >= 4 is 27.5 Å². The molecular weight excluding hydrogens is 334 g/mol. The lowest BCUT2D eigenvalue weighted by atomic mass is 10.2. The van der Waals surface area contributed by atoms with Crippen molar-refractivity contribution in [3.63, 3.8) is 0 Å². The Bertz CT molecular complexity index is 458. The normalized spacial score (nSPS) is 11.2. The van der Waals surface area contributed by atoms with Crippen LogP contribution in [0.2, 0.25) is 0 Å². The summed E-state index contributed by atoms with van der Waals surface area (Å²) in [5.41, 5.74) is 1.51. The third kappa shape index (κ3) is 5.94. The highest BCUT2D eigenvalue weighted by Crippen LogP contribution is 2.19. The van der Waals surface area contributed by atoms with Gasteiger partial charge < -0.3 is 10.4 Å². The molecule has 0 saturated heterocycles. The molecule has 0 aromatic heterocycles. The van der Waals surface area contributed by atoms with E-state index in [4.69, 9.17) is 5.11 Å². The Kier molecular flexibility index (Phi) is 7.04. The number of benzene rings is 1. The van der Waals surface area contributed by atoms with Crippen LogP contribution in [0, 0.1) is 6.92 Å². The second-order valence-electron chi connectivity index (χ2n) is 4.36. The van der Waals surface area contributed by atoms with Gasteiger partial charge in [0.05, 0.1) is 19.7 Å². The second kappa shape index (κ2) is 8.28. The molecule has 1 aromatic carbocycles. The van der Waals surface area contributed by atoms with E-state index in [2.05, 4.69) is 21.2 Å². The fraction of sp³-hybridized carbons (Fsp3) is 0.462. The van der Waals surface area contributed by atoms with E-state index in [9.17, 15) is 13.6 Å². The van der Waals surface area contributed by atoms with Gasteiger partial charge in [0, 0.05) is 16.7 Å². The first-order valence-corrected chi connectivity index (χ1v) is 6.89. The topological polar surface area (TPSA) is 52.6 Å². The number of halogens is 3. The van der Waals surface area contributed by atoms with Crippen LogP contribution in [0.4, 0.5) is 14.5 Å². The number of carbonyl (C=O) groups is 1. The summed E-state index contributed by atoms with van der Waals surface area (Å²) in [6.45, 7) is 0.896. The quantitative estimate of drug-likeness (QED) is 0.792. The van der Waals surface area contributed by atoms with E-state index >= 15 is 0 Å². The fourth-order valence-electron chi connectivity index (χ4n) is 1.73. The molecule has 0 radical (unpaired) electrons. The van der Waals surface area contributed by atoms with Gasteiger partial charge in [-0.25, -0.2) is 8.78 Å². The van der Waals surface area contributed by atoms with E-state index in [0.29, 0.717) is 5.69 Å². The van der Waals surface area contributed by atoms with Gasteiger partial charge in [-0.05, 0) is 30.7 Å². The maximum absolute atomic E-state index is 12.3. The molecule has 0 unspecified atom stereocenters. The van der Waals surface area contributed by atoms with E-state index in [-0.39, 0.29) is 25.6 Å². The zero-order valence-electron chi connectivity index (χ0n) is 11.1. The lowest BCUT2D eigenvalue weighted by Crippen LogP contribution is -2.38. The van der Waals surface area contributed by atoms with Gasteiger partial charge in [0.25, 0.3) is 6.43 Å². The average Bonchev–Trinajstić information content (AvgIpc) is 2.32. The molecule has 0 saturated carbocycles. The van der Waals surface area contributed by atoms with Crippen LogP contribution < -0.4 is 5.32 Å². The molecule has 0 spiro atoms. The molecule has 0 bridgehead atoms. The van der Waals surface area contributed by atoms with E-state index in [1.165, 1.54) is 4.90 Å². The molecule has 1 rings (SSSR count). The Morgan fingerprint density at radius 1 is 1.50 bits per heavy atom. The van der Waals surface area contributed by atoms with E-state index < -0.39 is 13.0 Å². The fourth-order valence-corrected chi connectivity index (χ4v) is 2.21. The first-order chi connectivity index (χ1) is 9.42. The molecule has 20 heavy (non-hydrogen) atoms. The highest BCUT2D eigenvalue weighted by molar-refractivity contribution is 9.10. The number of hydrogen-bond acceptors (Lipinski definition) is 3. The summed E-state index contributed by atoms with van der Waals surface area (Å²) < 4.78 is 25.6. The van der Waals surface area contributed by atoms with Crippen LogP contribution in [0.1, 0.15) is 5.56 Å². The minimum Gasteiger partial charge on any atom is -0.395 e. The predicted molar refractivity (Wildman–Crippen MR) is 77.0 cm³/mol. The zero-order valence-corrected chi connectivity index (χ0v) is 12.7. The molecule has 2 N–H and O–H groups in total. The number of hydrogen-bond donors (Lipinski definition) is 2. The van der Waals surface area contributed by atoms with Gasteiger partial charge in [0.1, 0.15) is 0 Å². The Morgan fingerprint density at radius 2 is 2.20 bits per heavy atom. The first-order valence-electron chi connectivity index (χ1n) is 6.09. The lowest BCUT2D eigenvalue weighted by molar-refractivity contribution is -0.117. The smallest absolute Gasteiger partial charge is 0.251 e. The van der Waals surface area contributed by atoms with Gasteiger partial charge in [0.2, 0.25) is 5.91 Å². The molecule has 1 amide bonds. The third-order valence-electron chi connectivity index (χ3n) is 2.64. The van der Waals surface area contributed by atoms with Crippen LogP contribution in [-0.4, -0.2) is 48.6 Å². The Balaban J connectivity index is 2.60. The number of nitrogens with one attached hydrogen (secondary N) is 1. The van der Waals surface area contributed by atoms with Crippen LogP contribution in [0.15, 0.2) is 22.7 Å². The largest absolute Gasteiger partial charge is 0.395 e. The Hall–Kier alpha value is -1.05. The summed E-state index contributed by atoms with van der Waals surface area (Å²) in [7, 11) is 0. The summed E-state index contributed by atoms with van der Waals surface area (Å²) >= 11 is 3.32. The van der Waals surface area contributed by atoms with E-state index in [1.807, 2.05) is 13.0 Å². The number of aliphatic hydroxyl groups excluding tert-OH is 1. The summed E-state index contributed by atoms with van der Waals surface area (Å²) in [6.07, 6.45) is -2.54. The van der Waals surface area contributed by atoms with Gasteiger partial charge >= 0.3 is 0 Å². The maximum atomic E-state index is 12.3. The second-order valence-corrected chi connectivity index (χ2v) is 5.27. The molecule has 1 aromatic rings. The summed E-state index contributed by atoms with van der Waals surface area (Å²) in [5.74, 6) is -0.385. The highest BCUT2D eigenvalue weighted by Gasteiger charge is 2.15. The van der Waals surface area contributed by atoms with Crippen LogP contribution in [0.25, 0.3) is 0 Å². The number of alkyl halides is 2. The van der Waals surface area contributed by atoms with Crippen molar-refractivity contribution in [2.45, 2.75) is 13.3 Å². The number of carbonyl (C=O) groups excluding carboxylic acids is 1. The van der Waals surface area contributed by atoms with Gasteiger partial charge in [-0.3, -0.25) is 9.69 Å². The molecule has 4 nitrogen and oxygen atoms in total. The highest BCUT2D eigenvalue weighted by atomic mass is 79.9. The first kappa shape index (κ1) is 17.0. The minimum absolute atomic E-state index is 0.0388. The van der Waals surface area contributed by atoms with Crippen molar-refractivity contribution in [3.05, 3.63) is 28.2 Å². The van der Waals surface area contributed by atoms with E-state index in [1.54, 1.807) is 12.1 Å². The minimum atomic E-state index is -2.54. The van der Waals surface area contributed by atoms with Crippen molar-refractivity contribution in [1.82, 2.24) is 4.90 Å². The predicted octanol–water partition coefficient (Wildman–Crippen LogP) is 2.26. The Labute approximate surface area is 124 Å².